The summed E-state index contributed by atoms with van der Waals surface area (Å²) in [6.07, 6.45) is 3.88. The maximum absolute atomic E-state index is 8.78. The first-order chi connectivity index (χ1) is 6.40. The second-order valence-electron chi connectivity index (χ2n) is 3.70. The molecule has 1 unspecified atom stereocenters. The van der Waals surface area contributed by atoms with Gasteiger partial charge in [0.2, 0.25) is 0 Å². The Bertz CT molecular complexity index is 163. The molecule has 0 radical (unpaired) electrons. The van der Waals surface area contributed by atoms with E-state index in [-0.39, 0.29) is 0 Å². The molecule has 0 rings (SSSR count). The average molecular weight is 201 g/mol. The van der Waals surface area contributed by atoms with Crippen molar-refractivity contribution in [1.29, 1.82) is 0 Å². The van der Waals surface area contributed by atoms with E-state index in [1.54, 1.807) is 0 Å². The molecule has 0 bridgehead atoms. The molecule has 0 spiro atoms. The summed E-state index contributed by atoms with van der Waals surface area (Å²) in [6.45, 7) is 10.6. The molecule has 0 aliphatic carbocycles. The second kappa shape index (κ2) is 10.1. The summed E-state index contributed by atoms with van der Waals surface area (Å²) < 4.78 is 0. The first kappa shape index (κ1) is 15.5. The van der Waals surface area contributed by atoms with E-state index < -0.39 is 6.09 Å². The lowest BCUT2D eigenvalue weighted by Gasteiger charge is -2.06. The average Bonchev–Trinajstić information content (AvgIpc) is 2.02. The molecule has 1 atom stereocenters. The van der Waals surface area contributed by atoms with E-state index in [2.05, 4.69) is 33.1 Å². The van der Waals surface area contributed by atoms with Crippen LogP contribution >= 0.6 is 0 Å². The van der Waals surface area contributed by atoms with Crippen molar-refractivity contribution in [2.45, 2.75) is 46.5 Å². The van der Waals surface area contributed by atoms with Crippen LogP contribution in [0.2, 0.25) is 0 Å². The van der Waals surface area contributed by atoms with Gasteiger partial charge < -0.3 is 10.8 Å². The monoisotopic (exact) mass is 201 g/mol. The Labute approximate surface area is 87.0 Å². The fraction of sp³-hybridized carbons (Fsp3) is 0.727. The first-order valence-electron chi connectivity index (χ1n) is 5.02. The fourth-order valence-corrected chi connectivity index (χ4v) is 0.956. The number of amides is 1. The van der Waals surface area contributed by atoms with Crippen LogP contribution in [0.5, 0.6) is 0 Å². The molecule has 0 saturated carbocycles. The van der Waals surface area contributed by atoms with Gasteiger partial charge in [-0.05, 0) is 25.7 Å². The van der Waals surface area contributed by atoms with Gasteiger partial charge in [-0.25, -0.2) is 4.79 Å². The zero-order chi connectivity index (χ0) is 11.6. The van der Waals surface area contributed by atoms with E-state index in [0.717, 1.165) is 5.92 Å². The highest BCUT2D eigenvalue weighted by atomic mass is 16.4. The van der Waals surface area contributed by atoms with Gasteiger partial charge in [-0.15, -0.1) is 6.58 Å². The third-order valence-electron chi connectivity index (χ3n) is 2.00. The molecule has 0 fully saturated rings. The Morgan fingerprint density at radius 2 is 2.00 bits per heavy atom. The minimum absolute atomic E-state index is 0.902. The zero-order valence-electron chi connectivity index (χ0n) is 9.55. The van der Waals surface area contributed by atoms with Crippen molar-refractivity contribution in [3.05, 3.63) is 12.2 Å². The van der Waals surface area contributed by atoms with Gasteiger partial charge in [0.15, 0.2) is 0 Å². The highest BCUT2D eigenvalue weighted by molar-refractivity contribution is 5.61. The number of primary amides is 1. The summed E-state index contributed by atoms with van der Waals surface area (Å²) in [5.74, 6) is 0.902. The van der Waals surface area contributed by atoms with Crippen molar-refractivity contribution >= 4 is 6.09 Å². The number of rotatable bonds is 5. The van der Waals surface area contributed by atoms with Crippen LogP contribution in [0.15, 0.2) is 12.2 Å². The summed E-state index contributed by atoms with van der Waals surface area (Å²) in [7, 11) is 0. The number of carboxylic acid groups (broad SMARTS) is 1. The summed E-state index contributed by atoms with van der Waals surface area (Å²) in [5, 5.41) is 7.19. The number of nitrogens with two attached hydrogens (primary N) is 1. The fourth-order valence-electron chi connectivity index (χ4n) is 0.956. The quantitative estimate of drug-likeness (QED) is 0.669. The molecule has 0 aromatic carbocycles. The van der Waals surface area contributed by atoms with Crippen LogP contribution < -0.4 is 5.73 Å². The van der Waals surface area contributed by atoms with Crippen LogP contribution in [0.1, 0.15) is 46.5 Å². The van der Waals surface area contributed by atoms with Crippen molar-refractivity contribution in [1.82, 2.24) is 0 Å². The molecule has 0 aromatic rings. The SMILES string of the molecule is C=C(C)CCCC(C)CC.NC(=O)O. The largest absolute Gasteiger partial charge is 0.465 e. The van der Waals surface area contributed by atoms with Crippen molar-refractivity contribution in [2.75, 3.05) is 0 Å². The molecule has 0 heterocycles. The number of hydrogen-bond acceptors (Lipinski definition) is 1. The Balaban J connectivity index is 0. The maximum atomic E-state index is 8.78. The minimum Gasteiger partial charge on any atom is -0.465 e. The van der Waals surface area contributed by atoms with E-state index in [1.807, 2.05) is 0 Å². The maximum Gasteiger partial charge on any atom is 0.402 e. The summed E-state index contributed by atoms with van der Waals surface area (Å²) >= 11 is 0. The first-order valence-corrected chi connectivity index (χ1v) is 5.02. The molecule has 0 aliphatic rings. The number of carbonyl (C=O) groups is 1. The predicted molar refractivity (Wildman–Crippen MR) is 60.3 cm³/mol. The Kier molecular flexibility index (Phi) is 11.2. The van der Waals surface area contributed by atoms with Crippen LogP contribution in [0.4, 0.5) is 4.79 Å². The lowest BCUT2D eigenvalue weighted by atomic mass is 10.0. The Hall–Kier alpha value is -0.990. The van der Waals surface area contributed by atoms with Crippen LogP contribution in [-0.4, -0.2) is 11.2 Å². The normalized spacial score (nSPS) is 11.1. The van der Waals surface area contributed by atoms with E-state index in [1.165, 1.54) is 31.3 Å². The molecule has 1 amide bonds. The molecule has 3 N–H and O–H groups in total. The Morgan fingerprint density at radius 1 is 1.57 bits per heavy atom. The van der Waals surface area contributed by atoms with Gasteiger partial charge in [0, 0.05) is 0 Å². The van der Waals surface area contributed by atoms with Gasteiger partial charge in [0.05, 0.1) is 0 Å². The van der Waals surface area contributed by atoms with E-state index in [9.17, 15) is 0 Å². The van der Waals surface area contributed by atoms with Crippen molar-refractivity contribution in [3.63, 3.8) is 0 Å². The van der Waals surface area contributed by atoms with Crippen LogP contribution in [0.25, 0.3) is 0 Å². The van der Waals surface area contributed by atoms with Gasteiger partial charge in [-0.1, -0.05) is 32.3 Å². The molecule has 84 valence electrons. The smallest absolute Gasteiger partial charge is 0.402 e. The predicted octanol–water partition coefficient (Wildman–Crippen LogP) is 3.40. The van der Waals surface area contributed by atoms with Crippen molar-refractivity contribution in [2.24, 2.45) is 11.7 Å². The summed E-state index contributed by atoms with van der Waals surface area (Å²) in [4.78, 5) is 8.78. The molecule has 0 aromatic heterocycles. The molecule has 14 heavy (non-hydrogen) atoms. The van der Waals surface area contributed by atoms with E-state index in [4.69, 9.17) is 9.90 Å². The number of allylic oxidation sites excluding steroid dienone is 1. The summed E-state index contributed by atoms with van der Waals surface area (Å²) in [6, 6.07) is 0. The molecule has 0 aliphatic heterocycles. The highest BCUT2D eigenvalue weighted by Crippen LogP contribution is 2.13. The third-order valence-corrected chi connectivity index (χ3v) is 2.00. The van der Waals surface area contributed by atoms with Gasteiger partial charge in [0.25, 0.3) is 0 Å². The van der Waals surface area contributed by atoms with Crippen LogP contribution in [-0.2, 0) is 0 Å². The molecular formula is C11H23NO2. The molecule has 0 saturated heterocycles. The number of hydrogen-bond donors (Lipinski definition) is 2. The molecule has 3 heteroatoms. The van der Waals surface area contributed by atoms with Crippen LogP contribution in [0.3, 0.4) is 0 Å². The van der Waals surface area contributed by atoms with E-state index >= 15 is 0 Å². The standard InChI is InChI=1S/C10H20.CH3NO2/c1-5-10(4)8-6-7-9(2)3;2-1(3)4/h10H,2,5-8H2,1,3-4H3;2H2,(H,3,4). The lowest BCUT2D eigenvalue weighted by Crippen LogP contribution is -2.03. The summed E-state index contributed by atoms with van der Waals surface area (Å²) in [5.41, 5.74) is 5.35. The third kappa shape index (κ3) is 22.5. The Morgan fingerprint density at radius 3 is 2.29 bits per heavy atom. The zero-order valence-corrected chi connectivity index (χ0v) is 9.55. The van der Waals surface area contributed by atoms with Gasteiger partial charge in [0.1, 0.15) is 0 Å². The van der Waals surface area contributed by atoms with Gasteiger partial charge in [-0.2, -0.15) is 0 Å². The minimum atomic E-state index is -1.33. The molecular weight excluding hydrogens is 178 g/mol. The van der Waals surface area contributed by atoms with E-state index in [0.29, 0.717) is 0 Å². The molecule has 3 nitrogen and oxygen atoms in total. The lowest BCUT2D eigenvalue weighted by molar-refractivity contribution is 0.205. The second-order valence-corrected chi connectivity index (χ2v) is 3.70. The van der Waals surface area contributed by atoms with Crippen LogP contribution in [0, 0.1) is 5.92 Å². The van der Waals surface area contributed by atoms with Crippen molar-refractivity contribution < 1.29 is 9.90 Å². The topological polar surface area (TPSA) is 63.3 Å². The van der Waals surface area contributed by atoms with Crippen molar-refractivity contribution in [3.8, 4) is 0 Å². The van der Waals surface area contributed by atoms with Gasteiger partial charge in [-0.3, -0.25) is 0 Å². The van der Waals surface area contributed by atoms with Gasteiger partial charge >= 0.3 is 6.09 Å². The highest BCUT2D eigenvalue weighted by Gasteiger charge is 1.97.